The molecule has 2 aliphatic heterocycles. The van der Waals surface area contributed by atoms with E-state index >= 15 is 0 Å². The van der Waals surface area contributed by atoms with E-state index in [-0.39, 0.29) is 5.91 Å². The van der Waals surface area contributed by atoms with Gasteiger partial charge in [-0.2, -0.15) is 0 Å². The molecule has 1 aromatic rings. The van der Waals surface area contributed by atoms with Gasteiger partial charge in [0.05, 0.1) is 0 Å². The van der Waals surface area contributed by atoms with Crippen LogP contribution in [0.3, 0.4) is 0 Å². The Labute approximate surface area is 120 Å². The molecule has 0 radical (unpaired) electrons. The van der Waals surface area contributed by atoms with Gasteiger partial charge in [-0.05, 0) is 70.3 Å². The molecular formula is C16H24N2O2. The number of aryl methyl sites for hydroxylation is 1. The molecule has 3 rings (SSSR count). The van der Waals surface area contributed by atoms with E-state index in [1.807, 2.05) is 17.9 Å². The molecule has 3 heterocycles. The van der Waals surface area contributed by atoms with E-state index < -0.39 is 0 Å². The van der Waals surface area contributed by atoms with Crippen molar-refractivity contribution in [2.75, 3.05) is 33.2 Å². The van der Waals surface area contributed by atoms with Crippen LogP contribution in [0.15, 0.2) is 16.5 Å². The van der Waals surface area contributed by atoms with Crippen LogP contribution in [0.2, 0.25) is 0 Å². The van der Waals surface area contributed by atoms with Crippen LogP contribution in [-0.2, 0) is 0 Å². The molecule has 1 amide bonds. The SMILES string of the molecule is Cc1ccc(C(=O)N2CCCC3(CCN(C)CC3)C2)o1. The summed E-state index contributed by atoms with van der Waals surface area (Å²) in [7, 11) is 2.18. The zero-order valence-corrected chi connectivity index (χ0v) is 12.5. The van der Waals surface area contributed by atoms with Crippen molar-refractivity contribution in [2.45, 2.75) is 32.6 Å². The number of carbonyl (C=O) groups excluding carboxylic acids is 1. The fourth-order valence-electron chi connectivity index (χ4n) is 3.59. The minimum absolute atomic E-state index is 0.0658. The summed E-state index contributed by atoms with van der Waals surface area (Å²) >= 11 is 0. The highest BCUT2D eigenvalue weighted by molar-refractivity contribution is 5.91. The lowest BCUT2D eigenvalue weighted by atomic mass is 9.72. The summed E-state index contributed by atoms with van der Waals surface area (Å²) in [5.74, 6) is 1.36. The van der Waals surface area contributed by atoms with Crippen molar-refractivity contribution >= 4 is 5.91 Å². The van der Waals surface area contributed by atoms with Gasteiger partial charge in [0, 0.05) is 13.1 Å². The number of amides is 1. The topological polar surface area (TPSA) is 36.7 Å². The summed E-state index contributed by atoms with van der Waals surface area (Å²) < 4.78 is 5.49. The maximum Gasteiger partial charge on any atom is 0.289 e. The zero-order chi connectivity index (χ0) is 14.2. The van der Waals surface area contributed by atoms with Crippen molar-refractivity contribution in [2.24, 2.45) is 5.41 Å². The van der Waals surface area contributed by atoms with Crippen LogP contribution in [0.25, 0.3) is 0 Å². The molecule has 110 valence electrons. The van der Waals surface area contributed by atoms with E-state index in [0.29, 0.717) is 11.2 Å². The maximum absolute atomic E-state index is 12.5. The number of nitrogens with zero attached hydrogens (tertiary/aromatic N) is 2. The summed E-state index contributed by atoms with van der Waals surface area (Å²) in [5, 5.41) is 0. The quantitative estimate of drug-likeness (QED) is 0.791. The first-order valence-corrected chi connectivity index (χ1v) is 7.62. The number of piperidine rings is 2. The number of furan rings is 1. The first-order valence-electron chi connectivity index (χ1n) is 7.62. The smallest absolute Gasteiger partial charge is 0.289 e. The van der Waals surface area contributed by atoms with Gasteiger partial charge in [0.1, 0.15) is 5.76 Å². The van der Waals surface area contributed by atoms with Gasteiger partial charge in [-0.1, -0.05) is 0 Å². The third-order valence-corrected chi connectivity index (χ3v) is 4.95. The summed E-state index contributed by atoms with van der Waals surface area (Å²) in [6, 6.07) is 3.66. The molecule has 0 saturated carbocycles. The Morgan fingerprint density at radius 3 is 2.60 bits per heavy atom. The van der Waals surface area contributed by atoms with Crippen LogP contribution < -0.4 is 0 Å². The van der Waals surface area contributed by atoms with Crippen LogP contribution in [0.1, 0.15) is 42.0 Å². The molecule has 0 bridgehead atoms. The van der Waals surface area contributed by atoms with Gasteiger partial charge >= 0.3 is 0 Å². The molecule has 20 heavy (non-hydrogen) atoms. The molecule has 1 spiro atoms. The van der Waals surface area contributed by atoms with Gasteiger partial charge in [0.2, 0.25) is 0 Å². The highest BCUT2D eigenvalue weighted by Crippen LogP contribution is 2.39. The molecule has 0 aliphatic carbocycles. The van der Waals surface area contributed by atoms with E-state index in [0.717, 1.165) is 38.4 Å². The molecule has 2 aliphatic rings. The van der Waals surface area contributed by atoms with Crippen molar-refractivity contribution in [3.63, 3.8) is 0 Å². The predicted molar refractivity (Wildman–Crippen MR) is 77.7 cm³/mol. The minimum atomic E-state index is 0.0658. The lowest BCUT2D eigenvalue weighted by Crippen LogP contribution is -2.50. The molecule has 2 fully saturated rings. The van der Waals surface area contributed by atoms with Crippen LogP contribution in [0.4, 0.5) is 0 Å². The lowest BCUT2D eigenvalue weighted by Gasteiger charge is -2.47. The van der Waals surface area contributed by atoms with Crippen LogP contribution in [0.5, 0.6) is 0 Å². The van der Waals surface area contributed by atoms with Crippen molar-refractivity contribution in [3.05, 3.63) is 23.7 Å². The largest absolute Gasteiger partial charge is 0.456 e. The molecule has 2 saturated heterocycles. The average molecular weight is 276 g/mol. The van der Waals surface area contributed by atoms with E-state index in [1.165, 1.54) is 19.3 Å². The lowest BCUT2D eigenvalue weighted by molar-refractivity contribution is 0.0242. The van der Waals surface area contributed by atoms with Gasteiger partial charge in [-0.15, -0.1) is 0 Å². The Kier molecular flexibility index (Phi) is 3.59. The normalized spacial score (nSPS) is 23.2. The molecule has 0 atom stereocenters. The van der Waals surface area contributed by atoms with Crippen molar-refractivity contribution in [1.82, 2.24) is 9.80 Å². The fraction of sp³-hybridized carbons (Fsp3) is 0.688. The fourth-order valence-corrected chi connectivity index (χ4v) is 3.59. The number of likely N-dealkylation sites (tertiary alicyclic amines) is 2. The van der Waals surface area contributed by atoms with Gasteiger partial charge < -0.3 is 14.2 Å². The van der Waals surface area contributed by atoms with Gasteiger partial charge in [-0.25, -0.2) is 0 Å². The Morgan fingerprint density at radius 1 is 1.20 bits per heavy atom. The number of rotatable bonds is 1. The highest BCUT2D eigenvalue weighted by atomic mass is 16.3. The summed E-state index contributed by atoms with van der Waals surface area (Å²) in [4.78, 5) is 16.9. The van der Waals surface area contributed by atoms with Crippen LogP contribution >= 0.6 is 0 Å². The molecule has 0 aromatic carbocycles. The maximum atomic E-state index is 12.5. The summed E-state index contributed by atoms with van der Waals surface area (Å²) in [5.41, 5.74) is 0.349. The second-order valence-electron chi connectivity index (χ2n) is 6.54. The standard InChI is InChI=1S/C16H24N2O2/c1-13-4-5-14(20-13)15(19)18-9-3-6-16(12-18)7-10-17(2)11-8-16/h4-5H,3,6-12H2,1-2H3. The zero-order valence-electron chi connectivity index (χ0n) is 12.5. The molecule has 4 nitrogen and oxygen atoms in total. The average Bonchev–Trinajstić information content (AvgIpc) is 2.88. The number of carbonyl (C=O) groups is 1. The molecule has 4 heteroatoms. The third kappa shape index (κ3) is 2.62. The van der Waals surface area contributed by atoms with E-state index in [9.17, 15) is 4.79 Å². The molecular weight excluding hydrogens is 252 g/mol. The van der Waals surface area contributed by atoms with Gasteiger partial charge in [0.15, 0.2) is 5.76 Å². The molecule has 1 aromatic heterocycles. The Balaban J connectivity index is 1.70. The second kappa shape index (κ2) is 5.24. The van der Waals surface area contributed by atoms with E-state index in [2.05, 4.69) is 11.9 Å². The summed E-state index contributed by atoms with van der Waals surface area (Å²) in [6.07, 6.45) is 4.81. The highest BCUT2D eigenvalue weighted by Gasteiger charge is 2.39. The van der Waals surface area contributed by atoms with E-state index in [4.69, 9.17) is 4.42 Å². The Hall–Kier alpha value is -1.29. The Bertz CT molecular complexity index is 486. The van der Waals surface area contributed by atoms with Crippen LogP contribution in [-0.4, -0.2) is 48.9 Å². The van der Waals surface area contributed by atoms with Crippen molar-refractivity contribution < 1.29 is 9.21 Å². The molecule has 0 unspecified atom stereocenters. The third-order valence-electron chi connectivity index (χ3n) is 4.95. The van der Waals surface area contributed by atoms with Crippen molar-refractivity contribution in [1.29, 1.82) is 0 Å². The second-order valence-corrected chi connectivity index (χ2v) is 6.54. The first kappa shape index (κ1) is 13.7. The number of hydrogen-bond acceptors (Lipinski definition) is 3. The van der Waals surface area contributed by atoms with E-state index in [1.54, 1.807) is 6.07 Å². The van der Waals surface area contributed by atoms with Gasteiger partial charge in [0.25, 0.3) is 5.91 Å². The monoisotopic (exact) mass is 276 g/mol. The predicted octanol–water partition coefficient (Wildman–Crippen LogP) is 2.54. The minimum Gasteiger partial charge on any atom is -0.456 e. The van der Waals surface area contributed by atoms with Crippen molar-refractivity contribution in [3.8, 4) is 0 Å². The molecule has 0 N–H and O–H groups in total. The van der Waals surface area contributed by atoms with Gasteiger partial charge in [-0.3, -0.25) is 4.79 Å². The Morgan fingerprint density at radius 2 is 1.95 bits per heavy atom. The number of hydrogen-bond donors (Lipinski definition) is 0. The summed E-state index contributed by atoms with van der Waals surface area (Å²) in [6.45, 7) is 5.96. The van der Waals surface area contributed by atoms with Crippen LogP contribution in [0, 0.1) is 12.3 Å². The first-order chi connectivity index (χ1) is 9.58.